The van der Waals surface area contributed by atoms with Gasteiger partial charge in [0.2, 0.25) is 0 Å². The van der Waals surface area contributed by atoms with E-state index in [4.69, 9.17) is 9.29 Å². The first-order valence-corrected chi connectivity index (χ1v) is 7.64. The van der Waals surface area contributed by atoms with Gasteiger partial charge in [0.25, 0.3) is 10.1 Å². The Balaban J connectivity index is 3.02. The fraction of sp³-hybridized carbons (Fsp3) is 0.300. The lowest BCUT2D eigenvalue weighted by Gasteiger charge is -2.06. The fourth-order valence-corrected chi connectivity index (χ4v) is 2.02. The molecule has 5 nitrogen and oxygen atoms in total. The molecular formula is C10H11IO5S. The van der Waals surface area contributed by atoms with Crippen molar-refractivity contribution < 1.29 is 22.5 Å². The first-order valence-electron chi connectivity index (χ1n) is 4.67. The van der Waals surface area contributed by atoms with Crippen molar-refractivity contribution in [1.29, 1.82) is 0 Å². The van der Waals surface area contributed by atoms with Crippen LogP contribution in [0.2, 0.25) is 0 Å². The molecule has 7 heteroatoms. The predicted molar refractivity (Wildman–Crippen MR) is 70.2 cm³/mol. The maximum absolute atomic E-state index is 11.5. The summed E-state index contributed by atoms with van der Waals surface area (Å²) in [5.74, 6) is -0.499. The minimum absolute atomic E-state index is 0.236. The number of carbonyl (C=O) groups excluding carboxylic acids is 1. The third kappa shape index (κ3) is 3.93. The van der Waals surface area contributed by atoms with Crippen LogP contribution in [0.15, 0.2) is 23.1 Å². The Morgan fingerprint density at radius 1 is 1.47 bits per heavy atom. The molecule has 0 bridgehead atoms. The van der Waals surface area contributed by atoms with E-state index in [0.717, 1.165) is 0 Å². The predicted octanol–water partition coefficient (Wildman–Crippen LogP) is 1.83. The van der Waals surface area contributed by atoms with Crippen molar-refractivity contribution in [3.8, 4) is 0 Å². The Morgan fingerprint density at radius 3 is 2.59 bits per heavy atom. The van der Waals surface area contributed by atoms with Crippen LogP contribution in [0.1, 0.15) is 15.9 Å². The Labute approximate surface area is 113 Å². The van der Waals surface area contributed by atoms with E-state index in [0.29, 0.717) is 22.2 Å². The molecule has 0 aromatic heterocycles. The van der Waals surface area contributed by atoms with Crippen LogP contribution in [0, 0.1) is 6.92 Å². The van der Waals surface area contributed by atoms with Gasteiger partial charge in [0.1, 0.15) is 6.61 Å². The highest BCUT2D eigenvalue weighted by atomic mass is 127. The molecule has 0 aliphatic rings. The third-order valence-corrected chi connectivity index (χ3v) is 3.32. The van der Waals surface area contributed by atoms with Gasteiger partial charge in [0.05, 0.1) is 10.5 Å². The maximum Gasteiger partial charge on any atom is 0.338 e. The van der Waals surface area contributed by atoms with Gasteiger partial charge in [-0.05, 0) is 30.7 Å². The number of rotatable bonds is 4. The van der Waals surface area contributed by atoms with Crippen molar-refractivity contribution in [1.82, 2.24) is 0 Å². The summed E-state index contributed by atoms with van der Waals surface area (Å²) in [6.45, 7) is 1.88. The number of hydrogen-bond donors (Lipinski definition) is 1. The zero-order chi connectivity index (χ0) is 13.1. The molecule has 1 rings (SSSR count). The highest BCUT2D eigenvalue weighted by Gasteiger charge is 2.15. The Morgan fingerprint density at radius 2 is 2.12 bits per heavy atom. The number of aryl methyl sites for hydroxylation is 1. The van der Waals surface area contributed by atoms with E-state index >= 15 is 0 Å². The molecule has 17 heavy (non-hydrogen) atoms. The van der Waals surface area contributed by atoms with Crippen LogP contribution in [0.4, 0.5) is 0 Å². The van der Waals surface area contributed by atoms with Crippen molar-refractivity contribution in [2.24, 2.45) is 0 Å². The van der Waals surface area contributed by atoms with E-state index < -0.39 is 16.1 Å². The quantitative estimate of drug-likeness (QED) is 0.379. The van der Waals surface area contributed by atoms with Crippen molar-refractivity contribution in [3.63, 3.8) is 0 Å². The number of hydrogen-bond acceptors (Lipinski definition) is 4. The highest BCUT2D eigenvalue weighted by molar-refractivity contribution is 14.1. The van der Waals surface area contributed by atoms with Crippen LogP contribution in [0.3, 0.4) is 0 Å². The van der Waals surface area contributed by atoms with Crippen LogP contribution >= 0.6 is 22.6 Å². The molecule has 1 aromatic carbocycles. The molecule has 1 aromatic rings. The van der Waals surface area contributed by atoms with Crippen LogP contribution in [0.25, 0.3) is 0 Å². The second kappa shape index (κ2) is 5.78. The molecule has 0 heterocycles. The summed E-state index contributed by atoms with van der Waals surface area (Å²) in [5.41, 5.74) is 0.737. The third-order valence-electron chi connectivity index (χ3n) is 2.03. The van der Waals surface area contributed by atoms with Gasteiger partial charge in [-0.1, -0.05) is 22.6 Å². The van der Waals surface area contributed by atoms with Gasteiger partial charge in [0, 0.05) is 4.43 Å². The number of carbonyl (C=O) groups is 1. The summed E-state index contributed by atoms with van der Waals surface area (Å²) < 4.78 is 36.2. The Kier molecular flexibility index (Phi) is 4.90. The van der Waals surface area contributed by atoms with Crippen molar-refractivity contribution >= 4 is 38.7 Å². The number of alkyl halides is 1. The van der Waals surface area contributed by atoms with Crippen LogP contribution < -0.4 is 0 Å². The second-order valence-electron chi connectivity index (χ2n) is 3.28. The van der Waals surface area contributed by atoms with Gasteiger partial charge < -0.3 is 4.74 Å². The molecule has 0 fully saturated rings. The number of esters is 1. The average Bonchev–Trinajstić information content (AvgIpc) is 2.24. The zero-order valence-corrected chi connectivity index (χ0v) is 12.0. The van der Waals surface area contributed by atoms with Gasteiger partial charge in [-0.2, -0.15) is 8.42 Å². The maximum atomic E-state index is 11.5. The first kappa shape index (κ1) is 14.4. The normalized spacial score (nSPS) is 11.2. The molecular weight excluding hydrogens is 359 g/mol. The molecule has 0 saturated carbocycles. The summed E-state index contributed by atoms with van der Waals surface area (Å²) in [5, 5.41) is 0. The van der Waals surface area contributed by atoms with E-state index in [1.54, 1.807) is 6.92 Å². The Hall–Kier alpha value is -0.670. The van der Waals surface area contributed by atoms with E-state index in [1.807, 2.05) is 0 Å². The lowest BCUT2D eigenvalue weighted by molar-refractivity contribution is 0.0532. The van der Waals surface area contributed by atoms with Gasteiger partial charge in [0.15, 0.2) is 0 Å². The van der Waals surface area contributed by atoms with E-state index in [2.05, 4.69) is 22.6 Å². The molecule has 0 aliphatic carbocycles. The molecule has 0 unspecified atom stereocenters. The first-order chi connectivity index (χ1) is 7.86. The minimum atomic E-state index is -4.24. The molecule has 0 amide bonds. The van der Waals surface area contributed by atoms with Gasteiger partial charge >= 0.3 is 5.97 Å². The fourth-order valence-electron chi connectivity index (χ4n) is 1.23. The van der Waals surface area contributed by atoms with Crippen molar-refractivity contribution in [2.45, 2.75) is 11.8 Å². The molecule has 0 atom stereocenters. The van der Waals surface area contributed by atoms with Crippen LogP contribution in [-0.2, 0) is 14.9 Å². The average molecular weight is 370 g/mol. The van der Waals surface area contributed by atoms with E-state index in [9.17, 15) is 13.2 Å². The van der Waals surface area contributed by atoms with Crippen molar-refractivity contribution in [2.75, 3.05) is 11.0 Å². The van der Waals surface area contributed by atoms with Crippen molar-refractivity contribution in [3.05, 3.63) is 29.3 Å². The SMILES string of the molecule is Cc1cc(S(=O)(=O)O)ccc1C(=O)OCCI. The lowest BCUT2D eigenvalue weighted by Crippen LogP contribution is -2.09. The van der Waals surface area contributed by atoms with Crippen LogP contribution in [0.5, 0.6) is 0 Å². The standard InChI is InChI=1S/C10H11IO5S/c1-7-6-8(17(13,14)15)2-3-9(7)10(12)16-5-4-11/h2-3,6H,4-5H2,1H3,(H,13,14,15). The summed E-state index contributed by atoms with van der Waals surface area (Å²) in [6.07, 6.45) is 0. The smallest absolute Gasteiger partial charge is 0.338 e. The molecule has 0 aliphatic heterocycles. The van der Waals surface area contributed by atoms with Gasteiger partial charge in [-0.15, -0.1) is 0 Å². The number of halogens is 1. The van der Waals surface area contributed by atoms with Crippen LogP contribution in [-0.4, -0.2) is 30.0 Å². The lowest BCUT2D eigenvalue weighted by atomic mass is 10.1. The summed E-state index contributed by atoms with van der Waals surface area (Å²) in [7, 11) is -4.24. The number of ether oxygens (including phenoxy) is 1. The Bertz CT molecular complexity index is 523. The summed E-state index contributed by atoms with van der Waals surface area (Å²) in [4.78, 5) is 11.3. The van der Waals surface area contributed by atoms with E-state index in [-0.39, 0.29) is 4.90 Å². The van der Waals surface area contributed by atoms with Gasteiger partial charge in [-0.25, -0.2) is 4.79 Å². The largest absolute Gasteiger partial charge is 0.461 e. The minimum Gasteiger partial charge on any atom is -0.461 e. The molecule has 0 spiro atoms. The number of benzene rings is 1. The molecule has 0 saturated heterocycles. The monoisotopic (exact) mass is 370 g/mol. The van der Waals surface area contributed by atoms with E-state index in [1.165, 1.54) is 18.2 Å². The molecule has 94 valence electrons. The summed E-state index contributed by atoms with van der Waals surface area (Å²) in [6, 6.07) is 3.73. The second-order valence-corrected chi connectivity index (χ2v) is 5.78. The molecule has 1 N–H and O–H groups in total. The summed E-state index contributed by atoms with van der Waals surface area (Å²) >= 11 is 2.08. The zero-order valence-electron chi connectivity index (χ0n) is 9.01. The topological polar surface area (TPSA) is 80.7 Å². The highest BCUT2D eigenvalue weighted by Crippen LogP contribution is 2.16. The molecule has 0 radical (unpaired) electrons. The van der Waals surface area contributed by atoms with Gasteiger partial charge in [-0.3, -0.25) is 4.55 Å².